The first kappa shape index (κ1) is 24.1. The third-order valence-electron chi connectivity index (χ3n) is 4.57. The second kappa shape index (κ2) is 10.4. The van der Waals surface area contributed by atoms with Gasteiger partial charge in [-0.1, -0.05) is 45.8 Å². The largest absolute Gasteiger partial charge is 0.478 e. The first-order valence-corrected chi connectivity index (χ1v) is 11.9. The number of hydrogen-bond donors (Lipinski definition) is 2. The number of nitrogens with one attached hydrogen (secondary N) is 1. The lowest BCUT2D eigenvalue weighted by molar-refractivity contribution is -0.119. The molecule has 0 heterocycles. The average Bonchev–Trinajstić information content (AvgIpc) is 2.79. The Kier molecular flexibility index (Phi) is 7.62. The maximum Gasteiger partial charge on any atom is 0.335 e. The standard InChI is InChI=1S/C23H20BrN3O5S/c1-16-2-12-21(13-3-16)33(31,32)27(20-10-8-19(24)9-11-20)15-22(28)26-25-14-17-4-6-18(7-5-17)23(29)30/h2-14H,15H2,1H3,(H,26,28)(H,29,30)/b25-14-. The molecule has 10 heteroatoms. The fourth-order valence-electron chi connectivity index (χ4n) is 2.82. The predicted molar refractivity (Wildman–Crippen MR) is 129 cm³/mol. The minimum absolute atomic E-state index is 0.0610. The van der Waals surface area contributed by atoms with Crippen LogP contribution in [-0.2, 0) is 14.8 Å². The summed E-state index contributed by atoms with van der Waals surface area (Å²) >= 11 is 3.32. The van der Waals surface area contributed by atoms with Gasteiger partial charge in [0, 0.05) is 4.47 Å². The first-order valence-electron chi connectivity index (χ1n) is 9.67. The van der Waals surface area contributed by atoms with E-state index in [1.165, 1.54) is 42.6 Å². The maximum atomic E-state index is 13.3. The van der Waals surface area contributed by atoms with Crippen LogP contribution in [-0.4, -0.2) is 38.2 Å². The van der Waals surface area contributed by atoms with Gasteiger partial charge in [-0.2, -0.15) is 5.10 Å². The fraction of sp³-hybridized carbons (Fsp3) is 0.0870. The van der Waals surface area contributed by atoms with Crippen molar-refractivity contribution in [2.45, 2.75) is 11.8 Å². The Morgan fingerprint density at radius 1 is 1.00 bits per heavy atom. The topological polar surface area (TPSA) is 116 Å². The van der Waals surface area contributed by atoms with Gasteiger partial charge in [0.2, 0.25) is 0 Å². The van der Waals surface area contributed by atoms with Crippen LogP contribution in [0, 0.1) is 6.92 Å². The van der Waals surface area contributed by atoms with E-state index in [1.807, 2.05) is 6.92 Å². The van der Waals surface area contributed by atoms with Crippen LogP contribution in [0.1, 0.15) is 21.5 Å². The summed E-state index contributed by atoms with van der Waals surface area (Å²) in [5, 5.41) is 12.8. The van der Waals surface area contributed by atoms with Crippen LogP contribution in [0.25, 0.3) is 0 Å². The molecular formula is C23H20BrN3O5S. The molecular weight excluding hydrogens is 510 g/mol. The van der Waals surface area contributed by atoms with Crippen molar-refractivity contribution in [2.24, 2.45) is 5.10 Å². The highest BCUT2D eigenvalue weighted by molar-refractivity contribution is 9.10. The highest BCUT2D eigenvalue weighted by Crippen LogP contribution is 2.25. The SMILES string of the molecule is Cc1ccc(S(=O)(=O)N(CC(=O)N/N=C\c2ccc(C(=O)O)cc2)c2ccc(Br)cc2)cc1. The second-order valence-corrected chi connectivity index (χ2v) is 9.80. The molecule has 0 aliphatic rings. The Morgan fingerprint density at radius 3 is 2.18 bits per heavy atom. The van der Waals surface area contributed by atoms with Gasteiger partial charge in [-0.3, -0.25) is 9.10 Å². The van der Waals surface area contributed by atoms with Crippen LogP contribution >= 0.6 is 15.9 Å². The van der Waals surface area contributed by atoms with E-state index in [2.05, 4.69) is 26.5 Å². The van der Waals surface area contributed by atoms with Crippen molar-refractivity contribution in [1.29, 1.82) is 0 Å². The minimum atomic E-state index is -4.02. The number of halogens is 1. The number of carboxylic acid groups (broad SMARTS) is 1. The summed E-state index contributed by atoms with van der Waals surface area (Å²) in [6.07, 6.45) is 1.34. The molecule has 0 bridgehead atoms. The number of aryl methyl sites for hydroxylation is 1. The molecule has 0 saturated carbocycles. The summed E-state index contributed by atoms with van der Waals surface area (Å²) in [6.45, 7) is 1.36. The summed E-state index contributed by atoms with van der Waals surface area (Å²) < 4.78 is 28.4. The van der Waals surface area contributed by atoms with Gasteiger partial charge in [0.25, 0.3) is 15.9 Å². The normalized spacial score (nSPS) is 11.3. The van der Waals surface area contributed by atoms with Crippen molar-refractivity contribution < 1.29 is 23.1 Å². The molecule has 1 amide bonds. The molecule has 0 fully saturated rings. The molecule has 0 unspecified atom stereocenters. The van der Waals surface area contributed by atoms with E-state index in [-0.39, 0.29) is 10.5 Å². The number of anilines is 1. The van der Waals surface area contributed by atoms with Crippen molar-refractivity contribution in [3.8, 4) is 0 Å². The summed E-state index contributed by atoms with van der Waals surface area (Å²) in [7, 11) is -4.02. The smallest absolute Gasteiger partial charge is 0.335 e. The number of hydrogen-bond acceptors (Lipinski definition) is 5. The molecule has 170 valence electrons. The molecule has 0 spiro atoms. The predicted octanol–water partition coefficient (Wildman–Crippen LogP) is 3.80. The maximum absolute atomic E-state index is 13.3. The summed E-state index contributed by atoms with van der Waals surface area (Å²) in [4.78, 5) is 23.5. The number of hydrazone groups is 1. The van der Waals surface area contributed by atoms with Gasteiger partial charge in [0.1, 0.15) is 6.54 Å². The second-order valence-electron chi connectivity index (χ2n) is 7.02. The highest BCUT2D eigenvalue weighted by Gasteiger charge is 2.27. The van der Waals surface area contributed by atoms with E-state index >= 15 is 0 Å². The number of carbonyl (C=O) groups excluding carboxylic acids is 1. The zero-order valence-corrected chi connectivity index (χ0v) is 19.9. The number of aromatic carboxylic acids is 1. The summed E-state index contributed by atoms with van der Waals surface area (Å²) in [5.41, 5.74) is 4.24. The van der Waals surface area contributed by atoms with Gasteiger partial charge in [-0.25, -0.2) is 18.6 Å². The van der Waals surface area contributed by atoms with Gasteiger partial charge in [0.15, 0.2) is 0 Å². The Morgan fingerprint density at radius 2 is 1.61 bits per heavy atom. The van der Waals surface area contributed by atoms with Crippen LogP contribution in [0.15, 0.2) is 87.3 Å². The Bertz CT molecular complexity index is 1270. The van der Waals surface area contributed by atoms with Crippen LogP contribution in [0.3, 0.4) is 0 Å². The monoisotopic (exact) mass is 529 g/mol. The van der Waals surface area contributed by atoms with Crippen molar-refractivity contribution in [3.05, 3.63) is 94.0 Å². The number of rotatable bonds is 8. The van der Waals surface area contributed by atoms with Gasteiger partial charge in [-0.05, 0) is 61.0 Å². The molecule has 3 aromatic carbocycles. The van der Waals surface area contributed by atoms with Gasteiger partial charge in [0.05, 0.1) is 22.4 Å². The van der Waals surface area contributed by atoms with E-state index in [9.17, 15) is 18.0 Å². The lowest BCUT2D eigenvalue weighted by atomic mass is 10.1. The van der Waals surface area contributed by atoms with E-state index in [4.69, 9.17) is 5.11 Å². The van der Waals surface area contributed by atoms with Gasteiger partial charge < -0.3 is 5.11 Å². The zero-order valence-electron chi connectivity index (χ0n) is 17.5. The molecule has 3 rings (SSSR count). The molecule has 0 aliphatic carbocycles. The van der Waals surface area contributed by atoms with E-state index in [1.54, 1.807) is 36.4 Å². The van der Waals surface area contributed by atoms with Crippen LogP contribution in [0.5, 0.6) is 0 Å². The number of carboxylic acids is 1. The zero-order chi connectivity index (χ0) is 24.0. The van der Waals surface area contributed by atoms with E-state index < -0.39 is 28.4 Å². The number of nitrogens with zero attached hydrogens (tertiary/aromatic N) is 2. The van der Waals surface area contributed by atoms with Gasteiger partial charge >= 0.3 is 5.97 Å². The van der Waals surface area contributed by atoms with E-state index in [0.717, 1.165) is 14.3 Å². The Balaban J connectivity index is 1.79. The molecule has 2 N–H and O–H groups in total. The van der Waals surface area contributed by atoms with Crippen LogP contribution in [0.4, 0.5) is 5.69 Å². The summed E-state index contributed by atoms with van der Waals surface area (Å²) in [6, 6.07) is 18.8. The average molecular weight is 530 g/mol. The van der Waals surface area contributed by atoms with Crippen molar-refractivity contribution in [2.75, 3.05) is 10.8 Å². The Labute approximate surface area is 199 Å². The molecule has 0 saturated heterocycles. The van der Waals surface area contributed by atoms with Crippen LogP contribution in [0.2, 0.25) is 0 Å². The Hall–Kier alpha value is -3.50. The molecule has 0 atom stereocenters. The third-order valence-corrected chi connectivity index (χ3v) is 6.89. The highest BCUT2D eigenvalue weighted by atomic mass is 79.9. The molecule has 3 aromatic rings. The molecule has 0 radical (unpaired) electrons. The fourth-order valence-corrected chi connectivity index (χ4v) is 4.50. The quantitative estimate of drug-likeness (QED) is 0.340. The number of sulfonamides is 1. The van der Waals surface area contributed by atoms with Crippen molar-refractivity contribution >= 4 is 49.7 Å². The van der Waals surface area contributed by atoms with Crippen molar-refractivity contribution in [3.63, 3.8) is 0 Å². The van der Waals surface area contributed by atoms with E-state index in [0.29, 0.717) is 11.3 Å². The van der Waals surface area contributed by atoms with Gasteiger partial charge in [-0.15, -0.1) is 0 Å². The molecule has 8 nitrogen and oxygen atoms in total. The van der Waals surface area contributed by atoms with Crippen molar-refractivity contribution in [1.82, 2.24) is 5.43 Å². The van der Waals surface area contributed by atoms with Crippen LogP contribution < -0.4 is 9.73 Å². The number of benzene rings is 3. The summed E-state index contributed by atoms with van der Waals surface area (Å²) in [5.74, 6) is -1.69. The molecule has 0 aromatic heterocycles. The molecule has 33 heavy (non-hydrogen) atoms. The number of amides is 1. The number of carbonyl (C=O) groups is 2. The lowest BCUT2D eigenvalue weighted by Gasteiger charge is -2.23. The lowest BCUT2D eigenvalue weighted by Crippen LogP contribution is -2.39. The minimum Gasteiger partial charge on any atom is -0.478 e. The third kappa shape index (κ3) is 6.27. The first-order chi connectivity index (χ1) is 15.7. The molecule has 0 aliphatic heterocycles.